The number of anilines is 9. The van der Waals surface area contributed by atoms with Gasteiger partial charge >= 0.3 is 0 Å². The van der Waals surface area contributed by atoms with E-state index in [4.69, 9.17) is 14.2 Å². The molecule has 0 amide bonds. The fraction of sp³-hybridized carbons (Fsp3) is 0.231. The van der Waals surface area contributed by atoms with Crippen LogP contribution in [0.3, 0.4) is 0 Å². The van der Waals surface area contributed by atoms with Gasteiger partial charge < -0.3 is 28.9 Å². The Bertz CT molecular complexity index is 7800. The second kappa shape index (κ2) is 35.5. The first-order valence-electron chi connectivity index (χ1n) is 50.2. The van der Waals surface area contributed by atoms with Gasteiger partial charge in [-0.25, -0.2) is 0 Å². The van der Waals surface area contributed by atoms with Gasteiger partial charge in [-0.1, -0.05) is 308 Å². The monoisotopic (exact) mass is 1870 g/mol. The molecule has 0 saturated carbocycles. The Hall–Kier alpha value is -15.2. The van der Waals surface area contributed by atoms with Crippen molar-refractivity contribution in [3.05, 3.63) is 438 Å². The van der Waals surface area contributed by atoms with Crippen LogP contribution in [0.1, 0.15) is 230 Å². The second-order valence-corrected chi connectivity index (χ2v) is 42.9. The summed E-state index contributed by atoms with van der Waals surface area (Å²) in [7, 11) is 4.87. The molecule has 16 aromatic rings. The number of carbonyl (C=O) groups is 3. The maximum absolute atomic E-state index is 13.1. The zero-order chi connectivity index (χ0) is 101. The molecule has 0 aromatic heterocycles. The highest BCUT2D eigenvalue weighted by Gasteiger charge is 2.44. The van der Waals surface area contributed by atoms with Crippen LogP contribution in [0.15, 0.2) is 333 Å². The van der Waals surface area contributed by atoms with Gasteiger partial charge in [0.25, 0.3) is 0 Å². The highest BCUT2D eigenvalue weighted by atomic mass is 16.5. The van der Waals surface area contributed by atoms with Gasteiger partial charge in [0.1, 0.15) is 17.3 Å². The van der Waals surface area contributed by atoms with Gasteiger partial charge in [-0.15, -0.1) is 0 Å². The number of fused-ring (bicyclic) bond motifs is 19. The molecule has 22 rings (SSSR count). The summed E-state index contributed by atoms with van der Waals surface area (Å²) < 4.78 is 16.7. The Labute approximate surface area is 845 Å². The summed E-state index contributed by atoms with van der Waals surface area (Å²) in [5.41, 5.74) is 50.0. The third-order valence-corrected chi connectivity index (χ3v) is 32.9. The third kappa shape index (κ3) is 15.2. The number of rotatable bonds is 18. The molecule has 0 bridgehead atoms. The lowest BCUT2D eigenvalue weighted by Gasteiger charge is -2.33. The minimum atomic E-state index is -0.139. The minimum absolute atomic E-state index is 0.00907. The molecule has 0 unspecified atom stereocenters. The smallest absolute Gasteiger partial charge is 0.163 e. The molecule has 9 heteroatoms. The average molecular weight is 1880 g/mol. The van der Waals surface area contributed by atoms with Crippen LogP contribution in [0.5, 0.6) is 0 Å². The van der Waals surface area contributed by atoms with Gasteiger partial charge in [-0.3, -0.25) is 14.4 Å². The summed E-state index contributed by atoms with van der Waals surface area (Å²) in [6, 6.07) is 115. The largest absolute Gasteiger partial charge is 0.501 e. The van der Waals surface area contributed by atoms with Crippen LogP contribution in [0.25, 0.3) is 94.3 Å². The first-order valence-corrected chi connectivity index (χ1v) is 50.2. The molecule has 0 aliphatic heterocycles. The summed E-state index contributed by atoms with van der Waals surface area (Å²) in [4.78, 5) is 45.9. The van der Waals surface area contributed by atoms with Crippen molar-refractivity contribution in [1.29, 1.82) is 0 Å². The molecule has 714 valence electrons. The lowest BCUT2D eigenvalue weighted by molar-refractivity contribution is -0.112. The molecule has 0 radical (unpaired) electrons. The van der Waals surface area contributed by atoms with Crippen molar-refractivity contribution < 1.29 is 28.6 Å². The van der Waals surface area contributed by atoms with Crippen LogP contribution >= 0.6 is 0 Å². The number of benzene rings is 16. The molecule has 143 heavy (non-hydrogen) atoms. The molecule has 0 heterocycles. The number of carbonyl (C=O) groups excluding carboxylic acids is 3. The van der Waals surface area contributed by atoms with E-state index in [-0.39, 0.29) is 49.8 Å². The fourth-order valence-electron chi connectivity index (χ4n) is 24.9. The summed E-state index contributed by atoms with van der Waals surface area (Å²) in [6.45, 7) is 47.1. The standard InChI is InChI=1S/C46H41NO2.C46H47NO2.C42H39NO2/c1-28(48)44(29(2)49-7)38-24-25-43(37-17-9-8-14-32(37)38)47(30-20-22-35-33-15-10-12-18-39(33)45(3,4)41(35)26-30)31-21-23-36-34-16-11-13-19-40(34)46(5,6)42(36)27-31;1-26-28(3)44(29(4)27(2)42(26)43(30(5)48)31(6)49-11)47(32-20-22-36-34-16-12-14-18-38(34)45(7,8)40(36)24-32)33-21-23-37-35-17-13-15-19-39(35)46(9,10)41(37)25-33;1-26(44)40(27(2)45-7)28-16-18-29(19-17-28)43(30-20-22-34-32-12-8-10-14-36(32)41(3,4)38(34)24-30)31-21-23-35-33-13-9-11-15-37(33)42(5,6)39(35)25-31/h8-27H,1-7H3;12-25H,1-11H3;8-25H,1-7H3/b44-29+;43-31+;40-27+. The molecule has 0 N–H and O–H groups in total. The first kappa shape index (κ1) is 95.4. The summed E-state index contributed by atoms with van der Waals surface area (Å²) in [5, 5.41) is 2.07. The molecule has 6 aliphatic carbocycles. The lowest BCUT2D eigenvalue weighted by Crippen LogP contribution is -2.20. The Morgan fingerprint density at radius 3 is 0.748 bits per heavy atom. The molecule has 0 atom stereocenters. The molecule has 6 aliphatic rings. The van der Waals surface area contributed by atoms with Gasteiger partial charge in [-0.2, -0.15) is 0 Å². The predicted molar refractivity (Wildman–Crippen MR) is 596 cm³/mol. The number of nitrogens with zero attached hydrogens (tertiary/aromatic N) is 3. The van der Waals surface area contributed by atoms with Gasteiger partial charge in [0.2, 0.25) is 0 Å². The summed E-state index contributed by atoms with van der Waals surface area (Å²) in [5.74, 6) is 1.85. The van der Waals surface area contributed by atoms with Crippen LogP contribution in [0.2, 0.25) is 0 Å². The number of allylic oxidation sites excluding steroid dienone is 6. The number of hydrogen-bond donors (Lipinski definition) is 0. The van der Waals surface area contributed by atoms with Crippen molar-refractivity contribution in [1.82, 2.24) is 0 Å². The van der Waals surface area contributed by atoms with Crippen LogP contribution in [-0.4, -0.2) is 38.7 Å². The molecule has 9 nitrogen and oxygen atoms in total. The topological polar surface area (TPSA) is 88.6 Å². The quantitative estimate of drug-likeness (QED) is 0.0616. The molecule has 0 fully saturated rings. The lowest BCUT2D eigenvalue weighted by atomic mass is 9.81. The van der Waals surface area contributed by atoms with E-state index in [0.29, 0.717) is 34.0 Å². The Kier molecular flexibility index (Phi) is 23.7. The van der Waals surface area contributed by atoms with Gasteiger partial charge in [-0.05, 0) is 338 Å². The van der Waals surface area contributed by atoms with Crippen LogP contribution in [-0.2, 0) is 61.1 Å². The van der Waals surface area contributed by atoms with Crippen molar-refractivity contribution in [3.8, 4) is 66.8 Å². The molecule has 0 spiro atoms. The maximum Gasteiger partial charge on any atom is 0.163 e. The normalized spacial score (nSPS) is 15.2. The molecule has 0 saturated heterocycles. The molecule has 16 aromatic carbocycles. The summed E-state index contributed by atoms with van der Waals surface area (Å²) >= 11 is 0. The number of hydrogen-bond acceptors (Lipinski definition) is 9. The van der Waals surface area contributed by atoms with Crippen LogP contribution in [0.4, 0.5) is 51.2 Å². The van der Waals surface area contributed by atoms with E-state index in [9.17, 15) is 14.4 Å². The first-order chi connectivity index (χ1) is 68.3. The van der Waals surface area contributed by atoms with Gasteiger partial charge in [0, 0.05) is 77.7 Å². The maximum atomic E-state index is 13.1. The zero-order valence-corrected chi connectivity index (χ0v) is 87.3. The molecular formula is C134H127N3O6. The van der Waals surface area contributed by atoms with Crippen LogP contribution in [0, 0.1) is 27.7 Å². The van der Waals surface area contributed by atoms with Crippen molar-refractivity contribution in [3.63, 3.8) is 0 Å². The van der Waals surface area contributed by atoms with E-state index in [0.717, 1.165) is 101 Å². The van der Waals surface area contributed by atoms with E-state index in [1.807, 2.05) is 39.0 Å². The highest BCUT2D eigenvalue weighted by Crippen LogP contribution is 2.60. The second-order valence-electron chi connectivity index (χ2n) is 42.9. The van der Waals surface area contributed by atoms with Crippen molar-refractivity contribution in [2.75, 3.05) is 36.0 Å². The highest BCUT2D eigenvalue weighted by molar-refractivity contribution is 6.25. The zero-order valence-electron chi connectivity index (χ0n) is 87.3. The SMILES string of the molecule is CO/C(C)=C(\C(C)=O)c1c(C)c(C)c(N(c2ccc3c(c2)C(C)(C)c2ccccc2-3)c2ccc3c(c2)C(C)(C)c2ccccc2-3)c(C)c1C.CO/C(C)=C(\C(C)=O)c1ccc(N(c2ccc3c(c2)C(C)(C)c2ccccc2-3)c2ccc3c(c2)C(C)(C)c2ccccc2-3)c2ccccc12.CO/C(C)=C(\C(C)=O)c1ccc(N(c2ccc3c(c2)C(C)(C)c2ccccc2-3)c2ccc3c(c2)C(C)(C)c2ccccc2-3)cc1. The van der Waals surface area contributed by atoms with E-state index in [2.05, 4.69) is 423 Å². The predicted octanol–water partition coefficient (Wildman–Crippen LogP) is 34.6. The van der Waals surface area contributed by atoms with Crippen molar-refractivity contribution in [2.45, 2.75) is 185 Å². The van der Waals surface area contributed by atoms with E-state index in [1.54, 1.807) is 42.1 Å². The van der Waals surface area contributed by atoms with Crippen LogP contribution < -0.4 is 14.7 Å². The number of ether oxygens (including phenoxy) is 3. The Balaban J connectivity index is 0.000000131. The minimum Gasteiger partial charge on any atom is -0.501 e. The number of ketones is 3. The number of Topliss-reactive ketones (excluding diaryl/α,β-unsaturated/α-hetero) is 3. The van der Waals surface area contributed by atoms with E-state index < -0.39 is 0 Å². The Morgan fingerprint density at radius 1 is 0.224 bits per heavy atom. The Morgan fingerprint density at radius 2 is 0.462 bits per heavy atom. The number of methoxy groups -OCH3 is 3. The fourth-order valence-corrected chi connectivity index (χ4v) is 24.9. The van der Waals surface area contributed by atoms with Crippen molar-refractivity contribution in [2.24, 2.45) is 0 Å². The van der Waals surface area contributed by atoms with E-state index >= 15 is 0 Å². The average Bonchev–Trinajstić information content (AvgIpc) is 1.58. The van der Waals surface area contributed by atoms with Gasteiger partial charge in [0.15, 0.2) is 17.3 Å². The van der Waals surface area contributed by atoms with Crippen molar-refractivity contribution >= 4 is 96.0 Å². The molecular weight excluding hydrogens is 1750 g/mol. The summed E-state index contributed by atoms with van der Waals surface area (Å²) in [6.07, 6.45) is 0. The van der Waals surface area contributed by atoms with Gasteiger partial charge in [0.05, 0.1) is 49.4 Å². The third-order valence-electron chi connectivity index (χ3n) is 32.9. The van der Waals surface area contributed by atoms with E-state index in [1.165, 1.54) is 134 Å².